The van der Waals surface area contributed by atoms with Crippen LogP contribution in [-0.4, -0.2) is 57.5 Å². The van der Waals surface area contributed by atoms with Crippen molar-refractivity contribution in [1.29, 1.82) is 0 Å². The summed E-state index contributed by atoms with van der Waals surface area (Å²) in [5.74, 6) is 0.121. The molecule has 2 saturated carbocycles. The Kier molecular flexibility index (Phi) is 3.58. The number of ether oxygens (including phenoxy) is 2. The lowest BCUT2D eigenvalue weighted by molar-refractivity contribution is -0.164. The summed E-state index contributed by atoms with van der Waals surface area (Å²) in [6, 6.07) is -0.0607. The number of nitrogens with zero attached hydrogens (tertiary/aromatic N) is 4. The molecule has 2 aromatic rings. The van der Waals surface area contributed by atoms with Gasteiger partial charge < -0.3 is 24.7 Å². The van der Waals surface area contributed by atoms with E-state index in [0.717, 1.165) is 12.1 Å². The summed E-state index contributed by atoms with van der Waals surface area (Å²) >= 11 is 2.10. The summed E-state index contributed by atoms with van der Waals surface area (Å²) < 4.78 is 15.1. The second-order valence-electron chi connectivity index (χ2n) is 7.86. The van der Waals surface area contributed by atoms with E-state index in [0.29, 0.717) is 15.2 Å². The Bertz CT molecular complexity index is 962. The Morgan fingerprint density at radius 1 is 1.33 bits per heavy atom. The molecule has 5 rings (SSSR count). The molecule has 2 aliphatic carbocycles. The van der Waals surface area contributed by atoms with E-state index in [1.807, 2.05) is 25.5 Å². The molecule has 1 saturated heterocycles. The molecule has 0 spiro atoms. The molecule has 3 fully saturated rings. The molecule has 0 unspecified atom stereocenters. The minimum absolute atomic E-state index is 0.0239. The van der Waals surface area contributed by atoms with Crippen LogP contribution in [0.25, 0.3) is 11.2 Å². The number of anilines is 1. The topological polar surface area (TPSA) is 103 Å². The lowest BCUT2D eigenvalue weighted by atomic mass is 9.98. The Balaban J connectivity index is 1.65. The predicted molar refractivity (Wildman–Crippen MR) is 105 cm³/mol. The van der Waals surface area contributed by atoms with E-state index in [2.05, 4.69) is 48.2 Å². The number of nitrogens with one attached hydrogen (secondary N) is 2. The van der Waals surface area contributed by atoms with Gasteiger partial charge in [0.15, 0.2) is 26.6 Å². The van der Waals surface area contributed by atoms with Crippen LogP contribution < -0.4 is 10.6 Å². The van der Waals surface area contributed by atoms with Crippen LogP contribution in [0, 0.1) is 15.2 Å². The summed E-state index contributed by atoms with van der Waals surface area (Å²) in [6.07, 6.45) is 2.06. The number of amides is 1. The zero-order chi connectivity index (χ0) is 19.1. The number of rotatable bonds is 3. The number of carbonyl (C=O) groups is 1. The first-order chi connectivity index (χ1) is 12.8. The fourth-order valence-corrected chi connectivity index (χ4v) is 5.45. The molecule has 144 valence electrons. The average Bonchev–Trinajstić information content (AvgIpc) is 2.95. The first-order valence-corrected chi connectivity index (χ1v) is 10.1. The van der Waals surface area contributed by atoms with Crippen molar-refractivity contribution >= 4 is 45.5 Å². The minimum atomic E-state index is -0.724. The molecule has 2 N–H and O–H groups in total. The smallest absolute Gasteiger partial charge is 0.229 e. The first-order valence-electron chi connectivity index (χ1n) is 8.98. The van der Waals surface area contributed by atoms with Gasteiger partial charge in [0.25, 0.3) is 0 Å². The molecule has 27 heavy (non-hydrogen) atoms. The molecule has 0 aromatic carbocycles. The predicted octanol–water partition coefficient (Wildman–Crippen LogP) is 1.30. The van der Waals surface area contributed by atoms with E-state index >= 15 is 0 Å². The molecule has 1 aliphatic heterocycles. The quantitative estimate of drug-likeness (QED) is 0.500. The van der Waals surface area contributed by atoms with Crippen LogP contribution in [0.15, 0.2) is 6.33 Å². The number of hydrogen-bond donors (Lipinski definition) is 2. The molecule has 10 heteroatoms. The van der Waals surface area contributed by atoms with Crippen LogP contribution in [0.2, 0.25) is 0 Å². The highest BCUT2D eigenvalue weighted by atomic mass is 127. The van der Waals surface area contributed by atoms with Crippen LogP contribution in [0.4, 0.5) is 5.82 Å². The normalized spacial score (nSPS) is 35.7. The minimum Gasteiger partial charge on any atom is -0.371 e. The van der Waals surface area contributed by atoms with Gasteiger partial charge in [0.05, 0.1) is 17.8 Å². The van der Waals surface area contributed by atoms with Crippen molar-refractivity contribution in [2.45, 2.75) is 44.3 Å². The van der Waals surface area contributed by atoms with Crippen molar-refractivity contribution in [2.75, 3.05) is 19.4 Å². The van der Waals surface area contributed by atoms with Gasteiger partial charge in [-0.3, -0.25) is 4.79 Å². The molecule has 0 bridgehead atoms. The van der Waals surface area contributed by atoms with Gasteiger partial charge in [0.2, 0.25) is 5.91 Å². The molecular formula is C17H21IN6O3. The van der Waals surface area contributed by atoms with E-state index in [9.17, 15) is 4.79 Å². The highest BCUT2D eigenvalue weighted by molar-refractivity contribution is 14.1. The van der Waals surface area contributed by atoms with Crippen LogP contribution in [0.1, 0.15) is 26.3 Å². The number of aromatic nitrogens is 4. The molecule has 9 nitrogen and oxygen atoms in total. The summed E-state index contributed by atoms with van der Waals surface area (Å²) in [4.78, 5) is 26.3. The monoisotopic (exact) mass is 484 g/mol. The van der Waals surface area contributed by atoms with Gasteiger partial charge in [0.1, 0.15) is 12.2 Å². The Hall–Kier alpha value is -1.53. The molecule has 3 aliphatic rings. The van der Waals surface area contributed by atoms with Crippen molar-refractivity contribution in [3.05, 3.63) is 10.2 Å². The third-order valence-electron chi connectivity index (χ3n) is 6.05. The molecular weight excluding hydrogens is 463 g/mol. The van der Waals surface area contributed by atoms with E-state index in [1.54, 1.807) is 13.4 Å². The number of imidazole rings is 1. The second-order valence-corrected chi connectivity index (χ2v) is 8.82. The zero-order valence-corrected chi connectivity index (χ0v) is 17.6. The van der Waals surface area contributed by atoms with E-state index in [4.69, 9.17) is 9.47 Å². The highest BCUT2D eigenvalue weighted by Gasteiger charge is 2.79. The largest absolute Gasteiger partial charge is 0.371 e. The molecule has 3 heterocycles. The SMILES string of the molecule is CNC(=O)[C@@]12C[C@@H]1[C@@H](n1cnc3c(NC)nc(I)nc31)[C@@H]1OC(C)(C)O[C@@H]12. The van der Waals surface area contributed by atoms with Crippen molar-refractivity contribution in [3.63, 3.8) is 0 Å². The van der Waals surface area contributed by atoms with Gasteiger partial charge in [-0.2, -0.15) is 0 Å². The maximum absolute atomic E-state index is 12.8. The van der Waals surface area contributed by atoms with Crippen molar-refractivity contribution in [2.24, 2.45) is 11.3 Å². The standard InChI is InChI=1S/C17H21IN6O3/c1-16(2)26-10-9(7-5-17(7,11(10)27-16)14(25)20-4)24-6-21-8-12(19-3)22-15(18)23-13(8)24/h6-7,9-11H,5H2,1-4H3,(H,20,25)(H,19,22,23)/t7-,9-,10+,11+,17+/m1/s1. The average molecular weight is 484 g/mol. The second kappa shape index (κ2) is 5.51. The Morgan fingerprint density at radius 3 is 2.81 bits per heavy atom. The number of carbonyl (C=O) groups excluding carboxylic acids is 1. The summed E-state index contributed by atoms with van der Waals surface area (Å²) in [5, 5.41) is 5.90. The van der Waals surface area contributed by atoms with Gasteiger partial charge in [-0.1, -0.05) is 0 Å². The van der Waals surface area contributed by atoms with Gasteiger partial charge >= 0.3 is 0 Å². The fraction of sp³-hybridized carbons (Fsp3) is 0.647. The highest BCUT2D eigenvalue weighted by Crippen LogP contribution is 2.71. The molecule has 2 aromatic heterocycles. The number of fused-ring (bicyclic) bond motifs is 4. The summed E-state index contributed by atoms with van der Waals surface area (Å²) in [6.45, 7) is 3.79. The summed E-state index contributed by atoms with van der Waals surface area (Å²) in [7, 11) is 3.49. The van der Waals surface area contributed by atoms with E-state index in [1.165, 1.54) is 0 Å². The zero-order valence-electron chi connectivity index (χ0n) is 15.5. The number of hydrogen-bond acceptors (Lipinski definition) is 7. The summed E-state index contributed by atoms with van der Waals surface area (Å²) in [5.41, 5.74) is 0.918. The van der Waals surface area contributed by atoms with Crippen molar-refractivity contribution < 1.29 is 14.3 Å². The van der Waals surface area contributed by atoms with Crippen molar-refractivity contribution in [1.82, 2.24) is 24.8 Å². The van der Waals surface area contributed by atoms with E-state index < -0.39 is 11.2 Å². The van der Waals surface area contributed by atoms with Gasteiger partial charge in [-0.05, 0) is 20.3 Å². The Morgan fingerprint density at radius 2 is 2.11 bits per heavy atom. The molecule has 0 radical (unpaired) electrons. The number of halogens is 1. The molecule has 1 amide bonds. The van der Waals surface area contributed by atoms with Crippen LogP contribution in [0.3, 0.4) is 0 Å². The third kappa shape index (κ3) is 2.23. The lowest BCUT2D eigenvalue weighted by Crippen LogP contribution is -2.40. The van der Waals surface area contributed by atoms with Crippen LogP contribution in [0.5, 0.6) is 0 Å². The molecule has 5 atom stereocenters. The van der Waals surface area contributed by atoms with Gasteiger partial charge in [-0.15, -0.1) is 0 Å². The fourth-order valence-electron chi connectivity index (χ4n) is 4.98. The lowest BCUT2D eigenvalue weighted by Gasteiger charge is -2.24. The van der Waals surface area contributed by atoms with Crippen LogP contribution >= 0.6 is 22.6 Å². The first kappa shape index (κ1) is 17.6. The third-order valence-corrected chi connectivity index (χ3v) is 6.53. The van der Waals surface area contributed by atoms with Gasteiger partial charge in [-0.25, -0.2) is 15.0 Å². The maximum Gasteiger partial charge on any atom is 0.229 e. The van der Waals surface area contributed by atoms with Crippen molar-refractivity contribution in [3.8, 4) is 0 Å². The van der Waals surface area contributed by atoms with Crippen LogP contribution in [-0.2, 0) is 14.3 Å². The Labute approximate surface area is 169 Å². The van der Waals surface area contributed by atoms with Gasteiger partial charge in [0, 0.05) is 42.6 Å². The maximum atomic E-state index is 12.8. The van der Waals surface area contributed by atoms with E-state index in [-0.39, 0.29) is 30.1 Å².